The third-order valence-electron chi connectivity index (χ3n) is 19.9. The number of hydrogen-bond donors (Lipinski definition) is 5. The van der Waals surface area contributed by atoms with Crippen LogP contribution in [0.5, 0.6) is 0 Å². The first-order valence-corrected chi connectivity index (χ1v) is 53.3. The summed E-state index contributed by atoms with van der Waals surface area (Å²) in [6.45, 7) is 46.7. The number of amides is 1. The van der Waals surface area contributed by atoms with E-state index >= 15 is 0 Å². The van der Waals surface area contributed by atoms with Crippen LogP contribution in [0.15, 0.2) is 240 Å². The molecule has 17 nitrogen and oxygen atoms in total. The van der Waals surface area contributed by atoms with Gasteiger partial charge in [-0.2, -0.15) is 0 Å². The Morgan fingerprint density at radius 1 is 0.500 bits per heavy atom. The number of benzene rings is 8. The number of aryl methyl sites for hydroxylation is 4. The van der Waals surface area contributed by atoms with Gasteiger partial charge in [0.2, 0.25) is 0 Å². The summed E-state index contributed by atoms with van der Waals surface area (Å²) in [5.41, 5.74) is 19.2. The molecule has 6 N–H and O–H groups in total. The Balaban J connectivity index is 0.000000488. The number of nitrogens with zero attached hydrogens (tertiary/aromatic N) is 1. The summed E-state index contributed by atoms with van der Waals surface area (Å²) in [6.07, 6.45) is 10.7. The molecule has 0 aliphatic carbocycles. The van der Waals surface area contributed by atoms with Gasteiger partial charge in [-0.1, -0.05) is 183 Å². The normalized spacial score (nSPS) is 11.8. The molecule has 124 heavy (non-hydrogen) atoms. The van der Waals surface area contributed by atoms with Crippen LogP contribution in [0.1, 0.15) is 236 Å². The molecule has 1 amide bonds. The van der Waals surface area contributed by atoms with Gasteiger partial charge in [0, 0.05) is 46.7 Å². The van der Waals surface area contributed by atoms with Crippen molar-refractivity contribution >= 4 is 94.3 Å². The molecule has 3 unspecified atom stereocenters. The molecule has 0 bridgehead atoms. The number of pyridine rings is 2. The van der Waals surface area contributed by atoms with Gasteiger partial charge in [0.05, 0.1) is 50.5 Å². The fourth-order valence-corrected chi connectivity index (χ4v) is 27.8. The first kappa shape index (κ1) is 111. The number of halogens is 1. The Kier molecular flexibility index (Phi) is 50.4. The van der Waals surface area contributed by atoms with Crippen LogP contribution in [0.25, 0.3) is 10.2 Å². The molecule has 0 aliphatic heterocycles. The second kappa shape index (κ2) is 56.2. The molecule has 2 heterocycles. The Morgan fingerprint density at radius 3 is 1.12 bits per heavy atom. The van der Waals surface area contributed by atoms with Crippen LogP contribution >= 0.6 is 20.8 Å². The van der Waals surface area contributed by atoms with Gasteiger partial charge in [0.1, 0.15) is 5.92 Å². The molecule has 658 valence electrons. The number of esters is 3. The number of carbonyl (C=O) groups excluding carboxylic acids is 5. The average molecular weight is 1830 g/mol. The van der Waals surface area contributed by atoms with E-state index in [0.29, 0.717) is 62.9 Å². The van der Waals surface area contributed by atoms with E-state index in [2.05, 4.69) is 244 Å². The van der Waals surface area contributed by atoms with Crippen molar-refractivity contribution in [3.05, 3.63) is 359 Å². The summed E-state index contributed by atoms with van der Waals surface area (Å²) in [6, 6.07) is 72.2. The van der Waals surface area contributed by atoms with E-state index in [9.17, 15) is 38.4 Å². The van der Waals surface area contributed by atoms with E-state index in [1.807, 2.05) is 113 Å². The molecule has 0 fully saturated rings. The smallest absolute Gasteiger partial charge is 1.00 e. The van der Waals surface area contributed by atoms with Gasteiger partial charge < -0.3 is 45.0 Å². The predicted molar refractivity (Wildman–Crippen MR) is 523 cm³/mol. The molecule has 8 aromatic carbocycles. The van der Waals surface area contributed by atoms with Crippen molar-refractivity contribution in [3.63, 3.8) is 0 Å². The number of aromatic amines is 2. The number of methoxy groups -OCH3 is 3. The van der Waals surface area contributed by atoms with Gasteiger partial charge in [0.15, 0.2) is 5.78 Å². The monoisotopic (exact) mass is 1830 g/mol. The van der Waals surface area contributed by atoms with Gasteiger partial charge in [-0.3, -0.25) is 19.2 Å². The van der Waals surface area contributed by atoms with E-state index in [1.54, 1.807) is 48.5 Å². The minimum atomic E-state index is -2.70. The second-order valence-electron chi connectivity index (χ2n) is 32.2. The zero-order valence-electron chi connectivity index (χ0n) is 77.4. The largest absolute Gasteiger partial charge is 1.00 e. The molecule has 0 saturated carbocycles. The zero-order valence-corrected chi connectivity index (χ0v) is 85.0. The van der Waals surface area contributed by atoms with Crippen LogP contribution in [0.4, 0.5) is 0 Å². The summed E-state index contributed by atoms with van der Waals surface area (Å²) in [5.74, 6) is -0.697. The van der Waals surface area contributed by atoms with E-state index in [1.165, 1.54) is 73.7 Å². The maximum atomic E-state index is 12.3. The molecule has 3 atom stereocenters. The van der Waals surface area contributed by atoms with Crippen LogP contribution < -0.4 is 89.5 Å². The number of rotatable bonds is 26. The molecular weight excluding hydrogens is 1690 g/mol. The van der Waals surface area contributed by atoms with E-state index in [-0.39, 0.29) is 98.6 Å². The first-order chi connectivity index (χ1) is 58.1. The van der Waals surface area contributed by atoms with Crippen molar-refractivity contribution in [2.45, 2.75) is 198 Å². The van der Waals surface area contributed by atoms with Crippen molar-refractivity contribution in [2.24, 2.45) is 5.73 Å². The Bertz CT molecular complexity index is 4950. The number of aromatic nitrogens is 2. The fraction of sp³-hybridized carbons (Fsp3) is 0.333. The molecule has 0 radical (unpaired) electrons. The number of hydrogen-bond acceptors (Lipinski definition) is 12. The van der Waals surface area contributed by atoms with Crippen LogP contribution in [0.3, 0.4) is 0 Å². The predicted octanol–water partition coefficient (Wildman–Crippen LogP) is 20.4. The number of H-pyrrole nitrogens is 2. The summed E-state index contributed by atoms with van der Waals surface area (Å²) in [7, 11) is 1.89. The number of carboxylic acid groups (broad SMARTS) is 1. The number of ketones is 1. The third kappa shape index (κ3) is 36.9. The average Bonchev–Trinajstić information content (AvgIpc) is 0.709. The number of Topliss-reactive ketones (excluding diaryl/α,β-unsaturated/α-hetero) is 1. The van der Waals surface area contributed by atoms with Crippen molar-refractivity contribution in [1.29, 1.82) is 0 Å². The topological polar surface area (TPSA) is 268 Å². The maximum Gasteiger partial charge on any atom is 1.00 e. The van der Waals surface area contributed by atoms with Crippen LogP contribution in [-0.2, 0) is 27.3 Å². The van der Waals surface area contributed by atoms with E-state index < -0.39 is 33.7 Å². The number of allylic oxidation sites excluding steroid dienone is 2. The number of nitrogens with two attached hydrogens (primary N) is 1. The van der Waals surface area contributed by atoms with Crippen molar-refractivity contribution in [3.8, 4) is 0 Å². The third-order valence-corrected chi connectivity index (χ3v) is 35.0. The molecule has 0 saturated heterocycles. The Morgan fingerprint density at radius 2 is 0.823 bits per heavy atom. The van der Waals surface area contributed by atoms with Crippen LogP contribution in [-0.4, -0.2) is 94.6 Å². The summed E-state index contributed by atoms with van der Waals surface area (Å²) in [5, 5.41) is 12.8. The molecule has 10 rings (SSSR count). The van der Waals surface area contributed by atoms with E-state index in [0.717, 1.165) is 71.9 Å². The number of nitrogens with one attached hydrogen (secondary N) is 3. The SMILES string of the molecule is CC/C=C(/C)c1ccc(C(=O)OC)cc1.CCCC(C)c1ccc(C(=O)NCc2c(C)cc(C)[nH]c2=O)cc1.CCCC(C)c1ccc(C(=O)OC)cc1.COC(=O)c1ccc(C(C)=O)cc1.C[Si](C)(C)[N-][Si](C)(C)C.Cc1cc(C)c(CN)c(=O)[nH]1.[CH2+]C(CCC)c1ccc(C(=O)O)cc1.[CH2+]CP(Br)(c1ccccc1)(c1ccccc1)c1ccccc1.[K+]. The van der Waals surface area contributed by atoms with Crippen LogP contribution in [0, 0.1) is 41.5 Å². The standard InChI is InChI=1S/C20H19BrP.C20H26N2O2.C13H18O2.C13H16O2.C12H14O2.C10H10O3.C8H12N2O.C6H18NSi2.K/c1-2-22(21,18-12-6-3-7-13-18,19-14-8-4-9-15-19)20-16-10-5-11-17-20;1-5-6-13(2)16-7-9-17(10-8-16)19(23)21-12-18-14(3)11-15(4)22-20(18)24;2*1-4-5-10(2)11-6-8-12(9-7-11)13(14)15-3;1-3-4-9(2)10-5-7-11(8-6-10)12(13)14;1-7(11)8-3-5-9(6-4-8)10(12)13-2;1-5-3-6(2)10-8(11)7(5)4-9;1-8(2,3)7-9(4,5)6;/h3-17H,1-2H2;7-11,13H,5-6,12H2,1-4H3,(H,21,23)(H,22,24);6-10H,4-5H2,1-3H3;5-9H,4H2,1-3H3;5-9H,2-4H2,1H3;3-6H,1-2H3;3H,4,9H2,1-2H3,(H,10,11);1-6H3;/q+1;;;;;;;-1;+1/p+1/b;;;10-5-;;;;;. The Labute approximate surface area is 792 Å². The minimum absolute atomic E-state index is 0. The molecule has 0 aliphatic rings. The van der Waals surface area contributed by atoms with Crippen molar-refractivity contribution in [2.75, 3.05) is 27.5 Å². The zero-order chi connectivity index (χ0) is 92.2. The molecular formula is C102H134BrKN5O12PSi2+2. The number of ether oxygens (including phenoxy) is 3. The molecule has 10 aromatic rings. The van der Waals surface area contributed by atoms with E-state index in [4.69, 9.17) is 15.5 Å². The van der Waals surface area contributed by atoms with Crippen LogP contribution in [0.2, 0.25) is 39.3 Å². The first-order valence-electron chi connectivity index (χ1n) is 41.9. The van der Waals surface area contributed by atoms with Gasteiger partial charge in [0.25, 0.3) is 17.0 Å². The van der Waals surface area contributed by atoms with Crippen molar-refractivity contribution < 1.29 is 99.5 Å². The fourth-order valence-electron chi connectivity index (χ4n) is 13.6. The summed E-state index contributed by atoms with van der Waals surface area (Å²) < 4.78 is 18.6. The minimum Gasteiger partial charge on any atom is 1.00 e. The molecule has 2 aromatic heterocycles. The van der Waals surface area contributed by atoms with Crippen molar-refractivity contribution in [1.82, 2.24) is 15.3 Å². The van der Waals surface area contributed by atoms with Gasteiger partial charge in [-0.05, 0) is 191 Å². The maximum absolute atomic E-state index is 12.3. The number of carboxylic acids is 1. The second-order valence-corrected chi connectivity index (χ2v) is 50.8. The number of carbonyl (C=O) groups is 6. The molecule has 0 spiro atoms. The quantitative estimate of drug-likeness (QED) is 0.00844. The molecule has 22 heteroatoms. The Hall–Kier alpha value is -8.94. The van der Waals surface area contributed by atoms with Gasteiger partial charge >= 0.3 is 216 Å². The van der Waals surface area contributed by atoms with Gasteiger partial charge in [-0.25, -0.2) is 19.2 Å². The number of aromatic carboxylic acids is 1. The summed E-state index contributed by atoms with van der Waals surface area (Å²) in [4.78, 5) is 95.7. The summed E-state index contributed by atoms with van der Waals surface area (Å²) >= 11 is 4.28. The van der Waals surface area contributed by atoms with Gasteiger partial charge in [-0.15, -0.1) is 0 Å².